The molecule has 18 heavy (non-hydrogen) atoms. The Kier molecular flexibility index (Phi) is 3.68. The number of carbonyl (C=O) groups is 3. The second kappa shape index (κ2) is 4.71. The second-order valence-electron chi connectivity index (χ2n) is 4.11. The minimum atomic E-state index is -1.81. The van der Waals surface area contributed by atoms with Crippen LogP contribution >= 0.6 is 0 Å². The molecule has 0 spiro atoms. The number of rotatable bonds is 3. The van der Waals surface area contributed by atoms with Crippen LogP contribution in [0, 0.1) is 0 Å². The maximum atomic E-state index is 12.0. The number of carbonyl (C=O) groups excluding carboxylic acids is 3. The fourth-order valence-corrected chi connectivity index (χ4v) is 1.61. The maximum absolute atomic E-state index is 12.0. The Morgan fingerprint density at radius 3 is 2.44 bits per heavy atom. The molecule has 0 saturated carbocycles. The minimum absolute atomic E-state index is 0.0926. The quantitative estimate of drug-likeness (QED) is 0.552. The summed E-state index contributed by atoms with van der Waals surface area (Å²) in [6.07, 6.45) is -1.72. The van der Waals surface area contributed by atoms with Crippen molar-refractivity contribution in [1.29, 1.82) is 0 Å². The average molecular weight is 260 g/mol. The first-order valence-corrected chi connectivity index (χ1v) is 5.33. The average Bonchev–Trinajstić information content (AvgIpc) is 2.49. The number of esters is 1. The molecule has 0 bridgehead atoms. The summed E-state index contributed by atoms with van der Waals surface area (Å²) in [5.74, 6) is -0.828. The predicted molar refractivity (Wildman–Crippen MR) is 58.6 cm³/mol. The Morgan fingerprint density at radius 2 is 2.06 bits per heavy atom. The van der Waals surface area contributed by atoms with E-state index in [1.807, 2.05) is 0 Å². The number of cyclic esters (lactones) is 1. The molecule has 0 aromatic heterocycles. The summed E-state index contributed by atoms with van der Waals surface area (Å²) in [6, 6.07) is 0. The smallest absolute Gasteiger partial charge is 0.410 e. The van der Waals surface area contributed by atoms with Gasteiger partial charge in [0.1, 0.15) is 0 Å². The molecule has 1 saturated heterocycles. The molecule has 1 aliphatic heterocycles. The number of nitrogens with one attached hydrogen (secondary N) is 2. The van der Waals surface area contributed by atoms with Crippen molar-refractivity contribution in [1.82, 2.24) is 10.6 Å². The zero-order valence-corrected chi connectivity index (χ0v) is 10.7. The fourth-order valence-electron chi connectivity index (χ4n) is 1.61. The molecule has 2 N–H and O–H groups in total. The Labute approximate surface area is 104 Å². The van der Waals surface area contributed by atoms with Gasteiger partial charge in [0, 0.05) is 0 Å². The molecule has 1 fully saturated rings. The Hall–Kier alpha value is -1.99. The van der Waals surface area contributed by atoms with E-state index in [-0.39, 0.29) is 6.61 Å². The van der Waals surface area contributed by atoms with Gasteiger partial charge in [-0.2, -0.15) is 0 Å². The lowest BCUT2D eigenvalue weighted by Crippen LogP contribution is -2.71. The standard InChI is InChI=1S/C10H16N2O6/c1-5-17-6(13)10(11-7(14)16-4)9(2,3)18-8(15)12-10/h5H2,1-4H3,(H,11,14)(H,12,15). The molecule has 102 valence electrons. The third-order valence-electron chi connectivity index (χ3n) is 2.60. The Bertz CT molecular complexity index is 381. The molecule has 1 aliphatic rings. The molecule has 0 radical (unpaired) electrons. The normalized spacial score (nSPS) is 24.8. The van der Waals surface area contributed by atoms with Crippen molar-refractivity contribution in [3.05, 3.63) is 0 Å². The molecule has 2 amide bonds. The van der Waals surface area contributed by atoms with Crippen LogP contribution in [-0.2, 0) is 19.0 Å². The van der Waals surface area contributed by atoms with Crippen molar-refractivity contribution in [2.24, 2.45) is 0 Å². The minimum Gasteiger partial charge on any atom is -0.463 e. The Balaban J connectivity index is 3.12. The van der Waals surface area contributed by atoms with E-state index >= 15 is 0 Å². The maximum Gasteiger partial charge on any atom is 0.410 e. The summed E-state index contributed by atoms with van der Waals surface area (Å²) in [5.41, 5.74) is -3.13. The topological polar surface area (TPSA) is 103 Å². The SMILES string of the molecule is CCOC(=O)C1(NC(=O)OC)NC(=O)OC1(C)C. The van der Waals surface area contributed by atoms with Crippen LogP contribution in [0.25, 0.3) is 0 Å². The van der Waals surface area contributed by atoms with Crippen LogP contribution in [0.5, 0.6) is 0 Å². The molecular weight excluding hydrogens is 244 g/mol. The molecule has 0 aromatic rings. The van der Waals surface area contributed by atoms with E-state index in [0.29, 0.717) is 0 Å². The molecule has 8 heteroatoms. The summed E-state index contributed by atoms with van der Waals surface area (Å²) < 4.78 is 14.2. The molecule has 8 nitrogen and oxygen atoms in total. The van der Waals surface area contributed by atoms with Gasteiger partial charge in [0.15, 0.2) is 5.60 Å². The summed E-state index contributed by atoms with van der Waals surface area (Å²) in [7, 11) is 1.14. The van der Waals surface area contributed by atoms with Crippen molar-refractivity contribution < 1.29 is 28.6 Å². The van der Waals surface area contributed by atoms with Gasteiger partial charge in [0.25, 0.3) is 5.66 Å². The van der Waals surface area contributed by atoms with Crippen LogP contribution in [0.2, 0.25) is 0 Å². The van der Waals surface area contributed by atoms with E-state index in [1.54, 1.807) is 6.92 Å². The van der Waals surface area contributed by atoms with E-state index in [4.69, 9.17) is 9.47 Å². The van der Waals surface area contributed by atoms with Gasteiger partial charge < -0.3 is 14.2 Å². The first kappa shape index (κ1) is 14.1. The van der Waals surface area contributed by atoms with Crippen LogP contribution in [0.1, 0.15) is 20.8 Å². The highest BCUT2D eigenvalue weighted by Crippen LogP contribution is 2.31. The van der Waals surface area contributed by atoms with Crippen molar-refractivity contribution in [3.63, 3.8) is 0 Å². The number of hydrogen-bond donors (Lipinski definition) is 2. The van der Waals surface area contributed by atoms with Crippen LogP contribution in [-0.4, -0.2) is 43.1 Å². The van der Waals surface area contributed by atoms with Gasteiger partial charge in [0.05, 0.1) is 13.7 Å². The number of alkyl carbamates (subject to hydrolysis) is 2. The van der Waals surface area contributed by atoms with Crippen LogP contribution < -0.4 is 10.6 Å². The summed E-state index contributed by atoms with van der Waals surface area (Å²) in [4.78, 5) is 34.6. The van der Waals surface area contributed by atoms with Crippen molar-refractivity contribution in [3.8, 4) is 0 Å². The monoisotopic (exact) mass is 260 g/mol. The van der Waals surface area contributed by atoms with Crippen molar-refractivity contribution >= 4 is 18.2 Å². The second-order valence-corrected chi connectivity index (χ2v) is 4.11. The van der Waals surface area contributed by atoms with Gasteiger partial charge >= 0.3 is 18.2 Å². The van der Waals surface area contributed by atoms with Crippen LogP contribution in [0.3, 0.4) is 0 Å². The lowest BCUT2D eigenvalue weighted by atomic mass is 9.92. The zero-order chi connectivity index (χ0) is 14.0. The molecular formula is C10H16N2O6. The molecule has 1 heterocycles. The van der Waals surface area contributed by atoms with Gasteiger partial charge in [-0.3, -0.25) is 10.6 Å². The summed E-state index contributed by atoms with van der Waals surface area (Å²) in [5, 5.41) is 4.51. The molecule has 1 unspecified atom stereocenters. The first-order valence-electron chi connectivity index (χ1n) is 5.33. The van der Waals surface area contributed by atoms with Crippen molar-refractivity contribution in [2.45, 2.75) is 32.0 Å². The van der Waals surface area contributed by atoms with Crippen LogP contribution in [0.15, 0.2) is 0 Å². The van der Waals surface area contributed by atoms with Crippen LogP contribution in [0.4, 0.5) is 9.59 Å². The molecule has 1 rings (SSSR count). The highest BCUT2D eigenvalue weighted by atomic mass is 16.6. The first-order chi connectivity index (χ1) is 8.29. The number of ether oxygens (including phenoxy) is 3. The van der Waals surface area contributed by atoms with E-state index in [1.165, 1.54) is 13.8 Å². The zero-order valence-electron chi connectivity index (χ0n) is 10.7. The number of amides is 2. The van der Waals surface area contributed by atoms with E-state index in [9.17, 15) is 14.4 Å². The van der Waals surface area contributed by atoms with Crippen molar-refractivity contribution in [2.75, 3.05) is 13.7 Å². The summed E-state index contributed by atoms with van der Waals surface area (Å²) in [6.45, 7) is 4.64. The molecule has 0 aromatic carbocycles. The fraction of sp³-hybridized carbons (Fsp3) is 0.700. The highest BCUT2D eigenvalue weighted by molar-refractivity contribution is 5.93. The van der Waals surface area contributed by atoms with Gasteiger partial charge in [-0.25, -0.2) is 14.4 Å². The number of hydrogen-bond acceptors (Lipinski definition) is 6. The largest absolute Gasteiger partial charge is 0.463 e. The molecule has 1 atom stereocenters. The lowest BCUT2D eigenvalue weighted by molar-refractivity contribution is -0.158. The Morgan fingerprint density at radius 1 is 1.44 bits per heavy atom. The van der Waals surface area contributed by atoms with E-state index in [2.05, 4.69) is 15.4 Å². The van der Waals surface area contributed by atoms with Gasteiger partial charge in [0.2, 0.25) is 0 Å². The molecule has 0 aliphatic carbocycles. The van der Waals surface area contributed by atoms with E-state index in [0.717, 1.165) is 7.11 Å². The predicted octanol–water partition coefficient (Wildman–Crippen LogP) is 0.120. The third-order valence-corrected chi connectivity index (χ3v) is 2.60. The lowest BCUT2D eigenvalue weighted by Gasteiger charge is -2.35. The summed E-state index contributed by atoms with van der Waals surface area (Å²) >= 11 is 0. The third kappa shape index (κ3) is 2.18. The van der Waals surface area contributed by atoms with Gasteiger partial charge in [-0.1, -0.05) is 0 Å². The van der Waals surface area contributed by atoms with Gasteiger partial charge in [-0.05, 0) is 20.8 Å². The number of methoxy groups -OCH3 is 1. The van der Waals surface area contributed by atoms with Gasteiger partial charge in [-0.15, -0.1) is 0 Å². The highest BCUT2D eigenvalue weighted by Gasteiger charge is 2.63. The van der Waals surface area contributed by atoms with E-state index < -0.39 is 29.4 Å².